The third kappa shape index (κ3) is 3.19. The number of hydrogen-bond donors (Lipinski definition) is 2. The predicted molar refractivity (Wildman–Crippen MR) is 70.3 cm³/mol. The van der Waals surface area contributed by atoms with Crippen molar-refractivity contribution in [3.05, 3.63) is 53.6 Å². The molecule has 0 aliphatic carbocycles. The maximum absolute atomic E-state index is 12.4. The van der Waals surface area contributed by atoms with Gasteiger partial charge in [-0.25, -0.2) is 0 Å². The fraction of sp³-hybridized carbons (Fsp3) is 0.143. The molecule has 0 aliphatic rings. The molecule has 2 aromatic rings. The molecule has 0 fully saturated rings. The van der Waals surface area contributed by atoms with Crippen LogP contribution in [-0.2, 0) is 6.18 Å². The van der Waals surface area contributed by atoms with Gasteiger partial charge in [-0.15, -0.1) is 0 Å². The van der Waals surface area contributed by atoms with E-state index < -0.39 is 11.7 Å². The minimum Gasteiger partial charge on any atom is -0.397 e. The van der Waals surface area contributed by atoms with Gasteiger partial charge in [0, 0.05) is 5.69 Å². The van der Waals surface area contributed by atoms with E-state index in [1.165, 1.54) is 12.1 Å². The zero-order valence-corrected chi connectivity index (χ0v) is 10.3. The van der Waals surface area contributed by atoms with E-state index in [0.717, 1.165) is 17.7 Å². The van der Waals surface area contributed by atoms with Gasteiger partial charge in [-0.05, 0) is 48.9 Å². The summed E-state index contributed by atoms with van der Waals surface area (Å²) in [5.74, 6) is 0. The summed E-state index contributed by atoms with van der Waals surface area (Å²) in [7, 11) is 0. The molecule has 0 atom stereocenters. The molecule has 2 rings (SSSR count). The van der Waals surface area contributed by atoms with Crippen molar-refractivity contribution >= 4 is 17.1 Å². The first kappa shape index (κ1) is 13.3. The van der Waals surface area contributed by atoms with Crippen molar-refractivity contribution in [3.63, 3.8) is 0 Å². The van der Waals surface area contributed by atoms with Crippen molar-refractivity contribution < 1.29 is 13.2 Å². The molecule has 0 spiro atoms. The summed E-state index contributed by atoms with van der Waals surface area (Å²) in [6, 6.07) is 10.3. The molecule has 0 bridgehead atoms. The summed E-state index contributed by atoms with van der Waals surface area (Å²) in [4.78, 5) is 0. The van der Waals surface area contributed by atoms with Crippen LogP contribution in [0, 0.1) is 6.92 Å². The first-order chi connectivity index (χ1) is 8.86. The number of halogens is 3. The summed E-state index contributed by atoms with van der Waals surface area (Å²) in [6.45, 7) is 1.91. The molecule has 5 heteroatoms. The Morgan fingerprint density at radius 3 is 2.16 bits per heavy atom. The van der Waals surface area contributed by atoms with Crippen LogP contribution in [0.25, 0.3) is 0 Å². The van der Waals surface area contributed by atoms with Crippen molar-refractivity contribution in [2.75, 3.05) is 11.1 Å². The van der Waals surface area contributed by atoms with Gasteiger partial charge in [-0.2, -0.15) is 13.2 Å². The van der Waals surface area contributed by atoms with Crippen LogP contribution < -0.4 is 11.1 Å². The molecule has 19 heavy (non-hydrogen) atoms. The highest BCUT2D eigenvalue weighted by atomic mass is 19.4. The summed E-state index contributed by atoms with van der Waals surface area (Å²) < 4.78 is 37.2. The number of nitrogen functional groups attached to an aromatic ring is 1. The molecule has 100 valence electrons. The van der Waals surface area contributed by atoms with E-state index in [9.17, 15) is 13.2 Å². The number of alkyl halides is 3. The van der Waals surface area contributed by atoms with Crippen LogP contribution in [0.4, 0.5) is 30.2 Å². The van der Waals surface area contributed by atoms with E-state index in [1.54, 1.807) is 12.1 Å². The van der Waals surface area contributed by atoms with E-state index in [2.05, 4.69) is 5.32 Å². The van der Waals surface area contributed by atoms with Gasteiger partial charge in [0.25, 0.3) is 0 Å². The second-order valence-corrected chi connectivity index (χ2v) is 4.29. The molecule has 3 N–H and O–H groups in total. The second-order valence-electron chi connectivity index (χ2n) is 4.29. The Bertz CT molecular complexity index is 574. The van der Waals surface area contributed by atoms with Crippen LogP contribution in [0.3, 0.4) is 0 Å². The summed E-state index contributed by atoms with van der Waals surface area (Å²) in [6.07, 6.45) is -4.32. The number of rotatable bonds is 2. The molecule has 0 aromatic heterocycles. The Morgan fingerprint density at radius 2 is 1.63 bits per heavy atom. The molecule has 0 aliphatic heterocycles. The zero-order chi connectivity index (χ0) is 14.0. The Balaban J connectivity index is 2.20. The molecule has 2 aromatic carbocycles. The minimum absolute atomic E-state index is 0.555. The molecular weight excluding hydrogens is 253 g/mol. The molecule has 0 heterocycles. The lowest BCUT2D eigenvalue weighted by molar-refractivity contribution is -0.137. The topological polar surface area (TPSA) is 38.0 Å². The molecule has 0 saturated heterocycles. The van der Waals surface area contributed by atoms with E-state index >= 15 is 0 Å². The van der Waals surface area contributed by atoms with Crippen LogP contribution in [0.2, 0.25) is 0 Å². The highest BCUT2D eigenvalue weighted by Gasteiger charge is 2.29. The number of nitrogens with one attached hydrogen (secondary N) is 1. The number of nitrogens with two attached hydrogens (primary N) is 1. The highest BCUT2D eigenvalue weighted by molar-refractivity contribution is 5.73. The lowest BCUT2D eigenvalue weighted by Gasteiger charge is -2.11. The quantitative estimate of drug-likeness (QED) is 0.793. The van der Waals surface area contributed by atoms with Gasteiger partial charge in [0.15, 0.2) is 0 Å². The first-order valence-corrected chi connectivity index (χ1v) is 5.67. The Kier molecular flexibility index (Phi) is 3.38. The third-order valence-corrected chi connectivity index (χ3v) is 2.70. The SMILES string of the molecule is Cc1ccc(Nc2ccc(C(F)(F)F)cc2)c(N)c1. The van der Waals surface area contributed by atoms with Crippen molar-refractivity contribution in [3.8, 4) is 0 Å². The summed E-state index contributed by atoms with van der Waals surface area (Å²) in [5, 5.41) is 2.99. The lowest BCUT2D eigenvalue weighted by Crippen LogP contribution is -2.04. The molecule has 0 unspecified atom stereocenters. The smallest absolute Gasteiger partial charge is 0.397 e. The summed E-state index contributed by atoms with van der Waals surface area (Å²) in [5.41, 5.74) is 7.96. The molecule has 0 radical (unpaired) electrons. The van der Waals surface area contributed by atoms with Crippen LogP contribution in [0.1, 0.15) is 11.1 Å². The van der Waals surface area contributed by atoms with E-state index in [0.29, 0.717) is 17.1 Å². The van der Waals surface area contributed by atoms with Crippen LogP contribution in [0.15, 0.2) is 42.5 Å². The van der Waals surface area contributed by atoms with Gasteiger partial charge in [0.2, 0.25) is 0 Å². The molecule has 0 amide bonds. The van der Waals surface area contributed by atoms with E-state index in [-0.39, 0.29) is 0 Å². The fourth-order valence-corrected chi connectivity index (χ4v) is 1.69. The third-order valence-electron chi connectivity index (χ3n) is 2.70. The predicted octanol–water partition coefficient (Wildman–Crippen LogP) is 4.34. The number of hydrogen-bond acceptors (Lipinski definition) is 2. The maximum atomic E-state index is 12.4. The van der Waals surface area contributed by atoms with Gasteiger partial charge >= 0.3 is 6.18 Å². The minimum atomic E-state index is -4.32. The molecule has 0 saturated carbocycles. The molecule has 2 nitrogen and oxygen atoms in total. The van der Waals surface area contributed by atoms with Gasteiger partial charge in [-0.1, -0.05) is 6.07 Å². The van der Waals surface area contributed by atoms with Crippen molar-refractivity contribution in [2.45, 2.75) is 13.1 Å². The van der Waals surface area contributed by atoms with Gasteiger partial charge < -0.3 is 11.1 Å². The highest BCUT2D eigenvalue weighted by Crippen LogP contribution is 2.31. The fourth-order valence-electron chi connectivity index (χ4n) is 1.69. The Labute approximate surface area is 109 Å². The average Bonchev–Trinajstić information content (AvgIpc) is 2.32. The maximum Gasteiger partial charge on any atom is 0.416 e. The van der Waals surface area contributed by atoms with Gasteiger partial charge in [-0.3, -0.25) is 0 Å². The lowest BCUT2D eigenvalue weighted by atomic mass is 10.1. The van der Waals surface area contributed by atoms with Crippen LogP contribution in [0.5, 0.6) is 0 Å². The normalized spacial score (nSPS) is 11.4. The number of anilines is 3. The number of aryl methyl sites for hydroxylation is 1. The zero-order valence-electron chi connectivity index (χ0n) is 10.3. The monoisotopic (exact) mass is 266 g/mol. The standard InChI is InChI=1S/C14H13F3N2/c1-9-2-7-13(12(18)8-9)19-11-5-3-10(4-6-11)14(15,16)17/h2-8,19H,18H2,1H3. The first-order valence-electron chi connectivity index (χ1n) is 5.67. The average molecular weight is 266 g/mol. The van der Waals surface area contributed by atoms with Gasteiger partial charge in [0.1, 0.15) is 0 Å². The van der Waals surface area contributed by atoms with Gasteiger partial charge in [0.05, 0.1) is 16.9 Å². The summed E-state index contributed by atoms with van der Waals surface area (Å²) >= 11 is 0. The van der Waals surface area contributed by atoms with Crippen molar-refractivity contribution in [1.82, 2.24) is 0 Å². The van der Waals surface area contributed by atoms with Crippen LogP contribution in [-0.4, -0.2) is 0 Å². The second kappa shape index (κ2) is 4.84. The van der Waals surface area contributed by atoms with E-state index in [4.69, 9.17) is 5.73 Å². The van der Waals surface area contributed by atoms with Crippen molar-refractivity contribution in [1.29, 1.82) is 0 Å². The number of benzene rings is 2. The van der Waals surface area contributed by atoms with E-state index in [1.807, 2.05) is 13.0 Å². The van der Waals surface area contributed by atoms with Crippen molar-refractivity contribution in [2.24, 2.45) is 0 Å². The molecular formula is C14H13F3N2. The Hall–Kier alpha value is -2.17. The van der Waals surface area contributed by atoms with Crippen LogP contribution >= 0.6 is 0 Å². The largest absolute Gasteiger partial charge is 0.416 e. The Morgan fingerprint density at radius 1 is 1.00 bits per heavy atom.